The zero-order valence-electron chi connectivity index (χ0n) is 9.28. The summed E-state index contributed by atoms with van der Waals surface area (Å²) in [5, 5.41) is 0.812. The zero-order chi connectivity index (χ0) is 10.1. The second kappa shape index (κ2) is 4.42. The normalized spacial score (nSPS) is 45.6. The molecular formula is C11H22N2S. The van der Waals surface area contributed by atoms with Crippen LogP contribution in [0.25, 0.3) is 0 Å². The number of hydrogen-bond acceptors (Lipinski definition) is 3. The van der Waals surface area contributed by atoms with Crippen LogP contribution in [0.4, 0.5) is 0 Å². The molecule has 4 unspecified atom stereocenters. The van der Waals surface area contributed by atoms with Crippen molar-refractivity contribution in [3.8, 4) is 0 Å². The van der Waals surface area contributed by atoms with E-state index < -0.39 is 0 Å². The van der Waals surface area contributed by atoms with Gasteiger partial charge in [0.1, 0.15) is 0 Å². The summed E-state index contributed by atoms with van der Waals surface area (Å²) in [5.41, 5.74) is 6.08. The molecule has 2 N–H and O–H groups in total. The summed E-state index contributed by atoms with van der Waals surface area (Å²) in [6, 6.07) is 1.21. The summed E-state index contributed by atoms with van der Waals surface area (Å²) in [5.74, 6) is 2.13. The van der Waals surface area contributed by atoms with Gasteiger partial charge in [-0.25, -0.2) is 0 Å². The number of thioether (sulfide) groups is 1. The summed E-state index contributed by atoms with van der Waals surface area (Å²) in [7, 11) is 0. The second-order valence-corrected chi connectivity index (χ2v) is 6.47. The van der Waals surface area contributed by atoms with Crippen LogP contribution in [0, 0.1) is 5.92 Å². The van der Waals surface area contributed by atoms with Crippen LogP contribution in [0.1, 0.15) is 26.7 Å². The van der Waals surface area contributed by atoms with E-state index in [4.69, 9.17) is 5.73 Å². The predicted molar refractivity (Wildman–Crippen MR) is 63.7 cm³/mol. The first-order valence-corrected chi connectivity index (χ1v) is 6.83. The lowest BCUT2D eigenvalue weighted by atomic mass is 9.94. The molecule has 2 aliphatic rings. The van der Waals surface area contributed by atoms with E-state index in [9.17, 15) is 0 Å². The molecule has 0 amide bonds. The Morgan fingerprint density at radius 3 is 2.64 bits per heavy atom. The van der Waals surface area contributed by atoms with Crippen molar-refractivity contribution in [3.05, 3.63) is 0 Å². The Balaban J connectivity index is 1.95. The van der Waals surface area contributed by atoms with Crippen molar-refractivity contribution in [2.45, 2.75) is 44.0 Å². The molecular weight excluding hydrogens is 192 g/mol. The van der Waals surface area contributed by atoms with E-state index in [0.717, 1.165) is 23.8 Å². The highest BCUT2D eigenvalue weighted by Gasteiger charge is 2.33. The van der Waals surface area contributed by atoms with E-state index >= 15 is 0 Å². The summed E-state index contributed by atoms with van der Waals surface area (Å²) in [4.78, 5) is 2.64. The van der Waals surface area contributed by atoms with Crippen LogP contribution in [0.15, 0.2) is 0 Å². The van der Waals surface area contributed by atoms with Gasteiger partial charge in [0.2, 0.25) is 0 Å². The summed E-state index contributed by atoms with van der Waals surface area (Å²) < 4.78 is 0. The highest BCUT2D eigenvalue weighted by atomic mass is 32.2. The predicted octanol–water partition coefficient (Wildman–Crippen LogP) is 1.55. The molecule has 14 heavy (non-hydrogen) atoms. The van der Waals surface area contributed by atoms with E-state index in [2.05, 4.69) is 30.5 Å². The summed E-state index contributed by atoms with van der Waals surface area (Å²) in [6.07, 6.45) is 2.58. The van der Waals surface area contributed by atoms with E-state index in [1.165, 1.54) is 25.1 Å². The van der Waals surface area contributed by atoms with Gasteiger partial charge in [-0.05, 0) is 24.5 Å². The number of piperidine rings is 1. The van der Waals surface area contributed by atoms with Crippen molar-refractivity contribution in [2.75, 3.05) is 18.8 Å². The minimum absolute atomic E-state index is 0.413. The molecule has 2 aliphatic heterocycles. The Bertz CT molecular complexity index is 188. The molecule has 0 radical (unpaired) electrons. The summed E-state index contributed by atoms with van der Waals surface area (Å²) in [6.45, 7) is 7.09. The molecule has 82 valence electrons. The maximum absolute atomic E-state index is 6.08. The third kappa shape index (κ3) is 2.26. The SMILES string of the molecule is CC1CC(N)CN(C2CCSC2C)C1. The molecule has 0 aliphatic carbocycles. The third-order valence-corrected chi connectivity index (χ3v) is 4.84. The molecule has 2 saturated heterocycles. The number of nitrogens with two attached hydrogens (primary N) is 1. The third-order valence-electron chi connectivity index (χ3n) is 3.53. The van der Waals surface area contributed by atoms with E-state index in [1.807, 2.05) is 0 Å². The van der Waals surface area contributed by atoms with Gasteiger partial charge < -0.3 is 5.73 Å². The maximum atomic E-state index is 6.08. The monoisotopic (exact) mass is 214 g/mol. The zero-order valence-corrected chi connectivity index (χ0v) is 10.1. The first-order chi connectivity index (χ1) is 6.66. The first kappa shape index (κ1) is 10.8. The average molecular weight is 214 g/mol. The lowest BCUT2D eigenvalue weighted by Gasteiger charge is -2.39. The molecule has 0 aromatic heterocycles. The van der Waals surface area contributed by atoms with E-state index in [0.29, 0.717) is 6.04 Å². The smallest absolute Gasteiger partial charge is 0.0220 e. The Kier molecular flexibility index (Phi) is 3.40. The lowest BCUT2D eigenvalue weighted by Crippen LogP contribution is -2.51. The molecule has 0 saturated carbocycles. The molecule has 3 heteroatoms. The van der Waals surface area contributed by atoms with Crippen LogP contribution < -0.4 is 5.73 Å². The maximum Gasteiger partial charge on any atom is 0.0220 e. The molecule has 0 bridgehead atoms. The van der Waals surface area contributed by atoms with Gasteiger partial charge in [0.05, 0.1) is 0 Å². The Morgan fingerprint density at radius 2 is 2.07 bits per heavy atom. The fourth-order valence-corrected chi connectivity index (χ4v) is 4.19. The van der Waals surface area contributed by atoms with Crippen molar-refractivity contribution in [1.82, 2.24) is 4.90 Å². The number of nitrogens with zero attached hydrogens (tertiary/aromatic N) is 1. The van der Waals surface area contributed by atoms with Crippen LogP contribution in [0.5, 0.6) is 0 Å². The number of likely N-dealkylation sites (tertiary alicyclic amines) is 1. The number of hydrogen-bond donors (Lipinski definition) is 1. The Labute approximate surface area is 91.6 Å². The van der Waals surface area contributed by atoms with Crippen LogP contribution in [-0.4, -0.2) is 41.1 Å². The molecule has 0 spiro atoms. The van der Waals surface area contributed by atoms with Gasteiger partial charge in [-0.1, -0.05) is 13.8 Å². The molecule has 4 atom stereocenters. The Morgan fingerprint density at radius 1 is 1.29 bits per heavy atom. The van der Waals surface area contributed by atoms with Gasteiger partial charge in [0.15, 0.2) is 0 Å². The van der Waals surface area contributed by atoms with Crippen LogP contribution in [0.3, 0.4) is 0 Å². The van der Waals surface area contributed by atoms with Gasteiger partial charge in [0.25, 0.3) is 0 Å². The average Bonchev–Trinajstić information content (AvgIpc) is 2.49. The van der Waals surface area contributed by atoms with E-state index in [-0.39, 0.29) is 0 Å². The Hall–Kier alpha value is 0.270. The largest absolute Gasteiger partial charge is 0.327 e. The lowest BCUT2D eigenvalue weighted by molar-refractivity contribution is 0.117. The van der Waals surface area contributed by atoms with Crippen LogP contribution in [0.2, 0.25) is 0 Å². The second-order valence-electron chi connectivity index (χ2n) is 4.99. The fraction of sp³-hybridized carbons (Fsp3) is 1.00. The quantitative estimate of drug-likeness (QED) is 0.718. The molecule has 0 aromatic carbocycles. The molecule has 2 nitrogen and oxygen atoms in total. The summed E-state index contributed by atoms with van der Waals surface area (Å²) >= 11 is 2.12. The van der Waals surface area contributed by atoms with Crippen molar-refractivity contribution < 1.29 is 0 Å². The van der Waals surface area contributed by atoms with E-state index in [1.54, 1.807) is 0 Å². The molecule has 2 heterocycles. The van der Waals surface area contributed by atoms with Gasteiger partial charge in [-0.2, -0.15) is 11.8 Å². The van der Waals surface area contributed by atoms with Gasteiger partial charge in [0, 0.05) is 30.4 Å². The standard InChI is InChI=1S/C11H22N2S/c1-8-5-10(12)7-13(6-8)11-3-4-14-9(11)2/h8-11H,3-7,12H2,1-2H3. The van der Waals surface area contributed by atoms with Gasteiger partial charge >= 0.3 is 0 Å². The highest BCUT2D eigenvalue weighted by Crippen LogP contribution is 2.32. The van der Waals surface area contributed by atoms with Crippen molar-refractivity contribution in [1.29, 1.82) is 0 Å². The molecule has 2 rings (SSSR count). The van der Waals surface area contributed by atoms with Crippen molar-refractivity contribution in [3.63, 3.8) is 0 Å². The van der Waals surface area contributed by atoms with Crippen molar-refractivity contribution in [2.24, 2.45) is 11.7 Å². The number of rotatable bonds is 1. The minimum atomic E-state index is 0.413. The van der Waals surface area contributed by atoms with Gasteiger partial charge in [-0.15, -0.1) is 0 Å². The van der Waals surface area contributed by atoms with Gasteiger partial charge in [-0.3, -0.25) is 4.90 Å². The molecule has 2 fully saturated rings. The fourth-order valence-electron chi connectivity index (χ4n) is 2.91. The topological polar surface area (TPSA) is 29.3 Å². The molecule has 0 aromatic rings. The van der Waals surface area contributed by atoms with Crippen LogP contribution >= 0.6 is 11.8 Å². The van der Waals surface area contributed by atoms with Crippen molar-refractivity contribution >= 4 is 11.8 Å². The first-order valence-electron chi connectivity index (χ1n) is 5.78. The van der Waals surface area contributed by atoms with Crippen LogP contribution in [-0.2, 0) is 0 Å². The minimum Gasteiger partial charge on any atom is -0.327 e. The highest BCUT2D eigenvalue weighted by molar-refractivity contribution is 8.00.